The van der Waals surface area contributed by atoms with E-state index in [4.69, 9.17) is 0 Å². The van der Waals surface area contributed by atoms with Gasteiger partial charge in [0, 0.05) is 4.88 Å². The van der Waals surface area contributed by atoms with E-state index in [0.29, 0.717) is 5.92 Å². The molecule has 0 aliphatic heterocycles. The SMILES string of the molecule is O=C(O)C(CCc1cccs1)C1CCCC1. The average molecular weight is 238 g/mol. The van der Waals surface area contributed by atoms with Crippen molar-refractivity contribution in [1.29, 1.82) is 0 Å². The highest BCUT2D eigenvalue weighted by molar-refractivity contribution is 7.09. The van der Waals surface area contributed by atoms with Crippen LogP contribution in [0.1, 0.15) is 37.0 Å². The summed E-state index contributed by atoms with van der Waals surface area (Å²) in [7, 11) is 0. The lowest BCUT2D eigenvalue weighted by molar-refractivity contribution is -0.143. The van der Waals surface area contributed by atoms with Crippen molar-refractivity contribution in [2.24, 2.45) is 11.8 Å². The van der Waals surface area contributed by atoms with E-state index in [1.165, 1.54) is 17.7 Å². The summed E-state index contributed by atoms with van der Waals surface area (Å²) in [6.45, 7) is 0. The fourth-order valence-electron chi connectivity index (χ4n) is 2.67. The van der Waals surface area contributed by atoms with Gasteiger partial charge in [0.2, 0.25) is 0 Å². The van der Waals surface area contributed by atoms with Gasteiger partial charge < -0.3 is 5.11 Å². The molecule has 0 aromatic carbocycles. The molecule has 1 fully saturated rings. The van der Waals surface area contributed by atoms with Crippen LogP contribution in [0.2, 0.25) is 0 Å². The first kappa shape index (κ1) is 11.6. The second-order valence-electron chi connectivity index (χ2n) is 4.61. The fraction of sp³-hybridized carbons (Fsp3) is 0.615. The summed E-state index contributed by atoms with van der Waals surface area (Å²) in [6.07, 6.45) is 6.38. The van der Waals surface area contributed by atoms with Crippen LogP contribution in [0.5, 0.6) is 0 Å². The van der Waals surface area contributed by atoms with Crippen LogP contribution in [0.4, 0.5) is 0 Å². The number of carboxylic acid groups (broad SMARTS) is 1. The summed E-state index contributed by atoms with van der Waals surface area (Å²) < 4.78 is 0. The van der Waals surface area contributed by atoms with Gasteiger partial charge in [0.25, 0.3) is 0 Å². The minimum absolute atomic E-state index is 0.121. The van der Waals surface area contributed by atoms with Crippen molar-refractivity contribution in [2.45, 2.75) is 38.5 Å². The van der Waals surface area contributed by atoms with Crippen LogP contribution >= 0.6 is 11.3 Å². The molecule has 1 aliphatic rings. The molecule has 0 saturated heterocycles. The van der Waals surface area contributed by atoms with Gasteiger partial charge in [-0.2, -0.15) is 0 Å². The van der Waals surface area contributed by atoms with E-state index >= 15 is 0 Å². The second-order valence-corrected chi connectivity index (χ2v) is 5.64. The summed E-state index contributed by atoms with van der Waals surface area (Å²) in [5.41, 5.74) is 0. The van der Waals surface area contributed by atoms with Crippen LogP contribution in [-0.2, 0) is 11.2 Å². The van der Waals surface area contributed by atoms with Crippen LogP contribution in [0.3, 0.4) is 0 Å². The molecule has 1 atom stereocenters. The Kier molecular flexibility index (Phi) is 3.99. The van der Waals surface area contributed by atoms with Gasteiger partial charge in [-0.3, -0.25) is 4.79 Å². The van der Waals surface area contributed by atoms with Crippen LogP contribution in [0.15, 0.2) is 17.5 Å². The van der Waals surface area contributed by atoms with Crippen molar-refractivity contribution in [3.63, 3.8) is 0 Å². The summed E-state index contributed by atoms with van der Waals surface area (Å²) in [5.74, 6) is -0.287. The third kappa shape index (κ3) is 2.85. The predicted octanol–water partition coefficient (Wildman–Crippen LogP) is 3.57. The van der Waals surface area contributed by atoms with Crippen LogP contribution in [0.25, 0.3) is 0 Å². The van der Waals surface area contributed by atoms with E-state index in [9.17, 15) is 9.90 Å². The van der Waals surface area contributed by atoms with Crippen LogP contribution in [-0.4, -0.2) is 11.1 Å². The minimum Gasteiger partial charge on any atom is -0.481 e. The molecule has 1 N–H and O–H groups in total. The Hall–Kier alpha value is -0.830. The highest BCUT2D eigenvalue weighted by Crippen LogP contribution is 2.34. The standard InChI is InChI=1S/C13H18O2S/c14-13(15)12(10-4-1-2-5-10)8-7-11-6-3-9-16-11/h3,6,9-10,12H,1-2,4-5,7-8H2,(H,14,15). The van der Waals surface area contributed by atoms with Gasteiger partial charge in [0.1, 0.15) is 0 Å². The molecule has 2 nitrogen and oxygen atoms in total. The van der Waals surface area contributed by atoms with E-state index in [2.05, 4.69) is 11.4 Å². The van der Waals surface area contributed by atoms with Gasteiger partial charge in [-0.25, -0.2) is 0 Å². The molecule has 1 aliphatic carbocycles. The maximum atomic E-state index is 11.2. The van der Waals surface area contributed by atoms with Crippen molar-refractivity contribution >= 4 is 17.3 Å². The lowest BCUT2D eigenvalue weighted by Gasteiger charge is -2.18. The number of hydrogen-bond donors (Lipinski definition) is 1. The molecule has 1 heterocycles. The van der Waals surface area contributed by atoms with Gasteiger partial charge >= 0.3 is 5.97 Å². The number of carboxylic acids is 1. The van der Waals surface area contributed by atoms with Gasteiger partial charge in [-0.15, -0.1) is 11.3 Å². The maximum absolute atomic E-state index is 11.2. The van der Waals surface area contributed by atoms with Crippen LogP contribution in [0, 0.1) is 11.8 Å². The zero-order valence-corrected chi connectivity index (χ0v) is 10.2. The van der Waals surface area contributed by atoms with E-state index < -0.39 is 5.97 Å². The van der Waals surface area contributed by atoms with Crippen molar-refractivity contribution in [2.75, 3.05) is 0 Å². The van der Waals surface area contributed by atoms with Crippen molar-refractivity contribution in [1.82, 2.24) is 0 Å². The van der Waals surface area contributed by atoms with E-state index in [-0.39, 0.29) is 5.92 Å². The first-order chi connectivity index (χ1) is 7.77. The normalized spacial score (nSPS) is 18.8. The van der Waals surface area contributed by atoms with Crippen molar-refractivity contribution in [3.05, 3.63) is 22.4 Å². The highest BCUT2D eigenvalue weighted by Gasteiger charge is 2.29. The van der Waals surface area contributed by atoms with Gasteiger partial charge in [0.15, 0.2) is 0 Å². The second kappa shape index (κ2) is 5.48. The van der Waals surface area contributed by atoms with E-state index in [0.717, 1.165) is 25.7 Å². The Morgan fingerprint density at radius 1 is 1.50 bits per heavy atom. The average Bonchev–Trinajstić information content (AvgIpc) is 2.88. The number of rotatable bonds is 5. The third-order valence-corrected chi connectivity index (χ3v) is 4.50. The largest absolute Gasteiger partial charge is 0.481 e. The maximum Gasteiger partial charge on any atom is 0.306 e. The molecule has 1 aromatic rings. The Morgan fingerprint density at radius 2 is 2.25 bits per heavy atom. The molecule has 16 heavy (non-hydrogen) atoms. The van der Waals surface area contributed by atoms with Crippen LogP contribution < -0.4 is 0 Å². The topological polar surface area (TPSA) is 37.3 Å². The first-order valence-corrected chi connectivity index (χ1v) is 6.90. The number of aliphatic carboxylic acids is 1. The lowest BCUT2D eigenvalue weighted by atomic mass is 9.87. The highest BCUT2D eigenvalue weighted by atomic mass is 32.1. The summed E-state index contributed by atoms with van der Waals surface area (Å²) in [6, 6.07) is 4.13. The number of hydrogen-bond acceptors (Lipinski definition) is 2. The zero-order chi connectivity index (χ0) is 11.4. The minimum atomic E-state index is -0.594. The molecule has 0 amide bonds. The molecule has 1 unspecified atom stereocenters. The molecular formula is C13H18O2S. The summed E-state index contributed by atoms with van der Waals surface area (Å²) >= 11 is 1.73. The molecule has 0 radical (unpaired) electrons. The molecule has 0 spiro atoms. The Bertz CT molecular complexity index is 326. The zero-order valence-electron chi connectivity index (χ0n) is 9.39. The van der Waals surface area contributed by atoms with Gasteiger partial charge in [-0.1, -0.05) is 18.9 Å². The van der Waals surface area contributed by atoms with Gasteiger partial charge in [-0.05, 0) is 43.0 Å². The van der Waals surface area contributed by atoms with E-state index in [1.807, 2.05) is 6.07 Å². The number of carbonyl (C=O) groups is 1. The smallest absolute Gasteiger partial charge is 0.306 e. The Labute approximate surface area is 100 Å². The molecule has 3 heteroatoms. The van der Waals surface area contributed by atoms with Crippen molar-refractivity contribution in [3.8, 4) is 0 Å². The number of aryl methyl sites for hydroxylation is 1. The molecular weight excluding hydrogens is 220 g/mol. The molecule has 2 rings (SSSR count). The fourth-order valence-corrected chi connectivity index (χ4v) is 3.40. The molecule has 1 saturated carbocycles. The molecule has 1 aromatic heterocycles. The van der Waals surface area contributed by atoms with E-state index in [1.54, 1.807) is 11.3 Å². The summed E-state index contributed by atoms with van der Waals surface area (Å²) in [4.78, 5) is 12.6. The predicted molar refractivity (Wildman–Crippen MR) is 65.7 cm³/mol. The monoisotopic (exact) mass is 238 g/mol. The lowest BCUT2D eigenvalue weighted by Crippen LogP contribution is -2.22. The quantitative estimate of drug-likeness (QED) is 0.851. The molecule has 88 valence electrons. The third-order valence-electron chi connectivity index (χ3n) is 3.57. The molecule has 0 bridgehead atoms. The summed E-state index contributed by atoms with van der Waals surface area (Å²) in [5, 5.41) is 11.3. The Morgan fingerprint density at radius 3 is 2.81 bits per heavy atom. The van der Waals surface area contributed by atoms with Crippen molar-refractivity contribution < 1.29 is 9.90 Å². The van der Waals surface area contributed by atoms with Gasteiger partial charge in [0.05, 0.1) is 5.92 Å². The Balaban J connectivity index is 1.90. The number of thiophene rings is 1. The first-order valence-electron chi connectivity index (χ1n) is 6.02.